The molecule has 7 heteroatoms. The summed E-state index contributed by atoms with van der Waals surface area (Å²) in [6.45, 7) is 3.15. The quantitative estimate of drug-likeness (QED) is 0.631. The van der Waals surface area contributed by atoms with Crippen LogP contribution in [0, 0.1) is 5.92 Å². The highest BCUT2D eigenvalue weighted by atomic mass is 16.2. The number of piperidine rings is 1. The zero-order valence-corrected chi connectivity index (χ0v) is 15.9. The van der Waals surface area contributed by atoms with Gasteiger partial charge in [-0.05, 0) is 56.1 Å². The van der Waals surface area contributed by atoms with E-state index in [2.05, 4.69) is 15.2 Å². The number of nitrogens with zero attached hydrogens (tertiary/aromatic N) is 2. The highest BCUT2D eigenvalue weighted by Gasteiger charge is 2.23. The molecule has 0 aliphatic carbocycles. The molecule has 0 spiro atoms. The Kier molecular flexibility index (Phi) is 6.60. The van der Waals surface area contributed by atoms with E-state index in [1.54, 1.807) is 30.6 Å². The van der Waals surface area contributed by atoms with Crippen molar-refractivity contribution in [3.8, 4) is 11.1 Å². The van der Waals surface area contributed by atoms with Gasteiger partial charge in [0, 0.05) is 42.3 Å². The number of nitrogen functional groups attached to an aromatic ring is 1. The number of primary amides is 1. The normalized spacial score (nSPS) is 17.2. The molecule has 0 radical (unpaired) electrons. The third kappa shape index (κ3) is 5.07. The van der Waals surface area contributed by atoms with E-state index in [0.717, 1.165) is 50.0 Å². The molecule has 2 amide bonds. The lowest BCUT2D eigenvalue weighted by atomic mass is 9.97. The summed E-state index contributed by atoms with van der Waals surface area (Å²) < 4.78 is 0. The van der Waals surface area contributed by atoms with Crippen LogP contribution in [0.25, 0.3) is 11.1 Å². The molecule has 7 nitrogen and oxygen atoms in total. The summed E-state index contributed by atoms with van der Waals surface area (Å²) in [4.78, 5) is 30.0. The number of benzene rings is 1. The summed E-state index contributed by atoms with van der Waals surface area (Å²) in [7, 11) is 0. The van der Waals surface area contributed by atoms with Crippen LogP contribution >= 0.6 is 0 Å². The molecule has 2 aromatic rings. The lowest BCUT2D eigenvalue weighted by molar-refractivity contribution is -0.123. The van der Waals surface area contributed by atoms with Gasteiger partial charge in [-0.15, -0.1) is 0 Å². The number of nitrogens with two attached hydrogens (primary N) is 2. The van der Waals surface area contributed by atoms with E-state index in [4.69, 9.17) is 11.5 Å². The maximum atomic E-state index is 12.3. The molecule has 1 saturated heterocycles. The number of carbonyl (C=O) groups excluding carboxylic acids is 2. The van der Waals surface area contributed by atoms with Gasteiger partial charge in [0.1, 0.15) is 0 Å². The van der Waals surface area contributed by atoms with Crippen LogP contribution in [0.1, 0.15) is 29.6 Å². The summed E-state index contributed by atoms with van der Waals surface area (Å²) >= 11 is 0. The molecule has 1 aliphatic heterocycles. The Hall–Kier alpha value is -2.93. The van der Waals surface area contributed by atoms with Crippen LogP contribution in [0.15, 0.2) is 42.7 Å². The van der Waals surface area contributed by atoms with Crippen LogP contribution in [0.4, 0.5) is 5.69 Å². The summed E-state index contributed by atoms with van der Waals surface area (Å²) in [5.41, 5.74) is 14.4. The van der Waals surface area contributed by atoms with Crippen molar-refractivity contribution in [1.29, 1.82) is 0 Å². The van der Waals surface area contributed by atoms with Gasteiger partial charge in [-0.25, -0.2) is 0 Å². The minimum atomic E-state index is -0.213. The molecule has 0 unspecified atom stereocenters. The number of aromatic nitrogens is 1. The van der Waals surface area contributed by atoms with Crippen molar-refractivity contribution in [3.05, 3.63) is 48.3 Å². The summed E-state index contributed by atoms with van der Waals surface area (Å²) in [6.07, 6.45) is 6.07. The Morgan fingerprint density at radius 2 is 2.00 bits per heavy atom. The van der Waals surface area contributed by atoms with Gasteiger partial charge < -0.3 is 21.7 Å². The van der Waals surface area contributed by atoms with Gasteiger partial charge in [0.05, 0.1) is 5.92 Å². The fraction of sp³-hybridized carbons (Fsp3) is 0.381. The molecule has 2 heterocycles. The predicted molar refractivity (Wildman–Crippen MR) is 109 cm³/mol. The lowest BCUT2D eigenvalue weighted by Crippen LogP contribution is -2.42. The first kappa shape index (κ1) is 19.8. The van der Waals surface area contributed by atoms with Crippen molar-refractivity contribution in [2.75, 3.05) is 31.9 Å². The fourth-order valence-corrected chi connectivity index (χ4v) is 3.55. The molecule has 3 rings (SSSR count). The highest BCUT2D eigenvalue weighted by molar-refractivity contribution is 5.94. The van der Waals surface area contributed by atoms with Crippen molar-refractivity contribution in [1.82, 2.24) is 15.2 Å². The molecular weight excluding hydrogens is 354 g/mol. The molecule has 28 heavy (non-hydrogen) atoms. The van der Waals surface area contributed by atoms with Crippen molar-refractivity contribution >= 4 is 17.5 Å². The second-order valence-electron chi connectivity index (χ2n) is 7.19. The number of pyridine rings is 1. The summed E-state index contributed by atoms with van der Waals surface area (Å²) in [5.74, 6) is -0.357. The van der Waals surface area contributed by atoms with Crippen LogP contribution in [0.2, 0.25) is 0 Å². The lowest BCUT2D eigenvalue weighted by Gasteiger charge is -2.31. The van der Waals surface area contributed by atoms with E-state index in [9.17, 15) is 9.59 Å². The van der Waals surface area contributed by atoms with Crippen molar-refractivity contribution in [2.45, 2.75) is 19.3 Å². The van der Waals surface area contributed by atoms with Crippen molar-refractivity contribution in [2.24, 2.45) is 11.7 Å². The van der Waals surface area contributed by atoms with Crippen LogP contribution < -0.4 is 16.8 Å². The average Bonchev–Trinajstić information content (AvgIpc) is 2.72. The molecular formula is C21H27N5O2. The topological polar surface area (TPSA) is 114 Å². The molecule has 1 aliphatic rings. The van der Waals surface area contributed by atoms with E-state index in [1.807, 2.05) is 12.1 Å². The third-order valence-corrected chi connectivity index (χ3v) is 5.16. The van der Waals surface area contributed by atoms with Gasteiger partial charge in [-0.1, -0.05) is 12.1 Å². The van der Waals surface area contributed by atoms with E-state index >= 15 is 0 Å². The zero-order chi connectivity index (χ0) is 19.9. The van der Waals surface area contributed by atoms with Crippen LogP contribution in [-0.2, 0) is 4.79 Å². The van der Waals surface area contributed by atoms with E-state index < -0.39 is 0 Å². The second-order valence-corrected chi connectivity index (χ2v) is 7.19. The minimum absolute atomic E-state index is 0.0456. The standard InChI is InChI=1S/C21H27N5O2/c22-19-8-10-24-13-18(19)15-4-6-16(7-5-15)21(28)25-9-2-12-26-11-1-3-17(14-26)20(23)27/h4-8,10,13,17H,1-3,9,11-12,14H2,(H2,22,24)(H2,23,27)(H,25,28)/t17-/m0/s1. The van der Waals surface area contributed by atoms with Gasteiger partial charge in [-0.3, -0.25) is 14.6 Å². The number of rotatable bonds is 7. The first-order chi connectivity index (χ1) is 13.5. The fourth-order valence-electron chi connectivity index (χ4n) is 3.55. The van der Waals surface area contributed by atoms with Crippen LogP contribution in [0.3, 0.4) is 0 Å². The Morgan fingerprint density at radius 3 is 2.71 bits per heavy atom. The third-order valence-electron chi connectivity index (χ3n) is 5.16. The molecule has 1 fully saturated rings. The minimum Gasteiger partial charge on any atom is -0.398 e. The van der Waals surface area contributed by atoms with Gasteiger partial charge in [-0.2, -0.15) is 0 Å². The van der Waals surface area contributed by atoms with Gasteiger partial charge in [0.25, 0.3) is 5.91 Å². The Bertz CT molecular complexity index is 822. The number of carbonyl (C=O) groups is 2. The molecule has 1 aromatic heterocycles. The molecule has 1 aromatic carbocycles. The number of anilines is 1. The first-order valence-corrected chi connectivity index (χ1v) is 9.64. The molecule has 148 valence electrons. The van der Waals surface area contributed by atoms with Gasteiger partial charge >= 0.3 is 0 Å². The number of hydrogen-bond donors (Lipinski definition) is 3. The number of amides is 2. The number of likely N-dealkylation sites (tertiary alicyclic amines) is 1. The molecule has 0 saturated carbocycles. The average molecular weight is 381 g/mol. The maximum Gasteiger partial charge on any atom is 0.251 e. The summed E-state index contributed by atoms with van der Waals surface area (Å²) in [6, 6.07) is 9.09. The smallest absolute Gasteiger partial charge is 0.251 e. The Morgan fingerprint density at radius 1 is 1.21 bits per heavy atom. The highest BCUT2D eigenvalue weighted by Crippen LogP contribution is 2.24. The Balaban J connectivity index is 1.45. The Labute approximate surface area is 165 Å². The first-order valence-electron chi connectivity index (χ1n) is 9.64. The molecule has 1 atom stereocenters. The number of hydrogen-bond acceptors (Lipinski definition) is 5. The van der Waals surface area contributed by atoms with E-state index in [1.165, 1.54) is 0 Å². The summed E-state index contributed by atoms with van der Waals surface area (Å²) in [5, 5.41) is 2.95. The predicted octanol–water partition coefficient (Wildman–Crippen LogP) is 1.65. The van der Waals surface area contributed by atoms with E-state index in [-0.39, 0.29) is 17.7 Å². The number of nitrogens with one attached hydrogen (secondary N) is 1. The van der Waals surface area contributed by atoms with Gasteiger partial charge in [0.2, 0.25) is 5.91 Å². The monoisotopic (exact) mass is 381 g/mol. The largest absolute Gasteiger partial charge is 0.398 e. The molecule has 0 bridgehead atoms. The second kappa shape index (κ2) is 9.32. The zero-order valence-electron chi connectivity index (χ0n) is 15.9. The van der Waals surface area contributed by atoms with Crippen molar-refractivity contribution < 1.29 is 9.59 Å². The van der Waals surface area contributed by atoms with Crippen LogP contribution in [0.5, 0.6) is 0 Å². The van der Waals surface area contributed by atoms with E-state index in [0.29, 0.717) is 17.8 Å². The molecule has 5 N–H and O–H groups in total. The van der Waals surface area contributed by atoms with Crippen LogP contribution in [-0.4, -0.2) is 47.9 Å². The maximum absolute atomic E-state index is 12.3. The SMILES string of the molecule is NC(=O)[C@H]1CCCN(CCCNC(=O)c2ccc(-c3cnccc3N)cc2)C1. The van der Waals surface area contributed by atoms with Crippen molar-refractivity contribution in [3.63, 3.8) is 0 Å². The van der Waals surface area contributed by atoms with Gasteiger partial charge in [0.15, 0.2) is 0 Å².